The topological polar surface area (TPSA) is 27.0 Å². The molecule has 104 valence electrons. The molecule has 2 nitrogen and oxygen atoms in total. The second-order valence-corrected chi connectivity index (χ2v) is 5.80. The van der Waals surface area contributed by atoms with E-state index in [9.17, 15) is 0 Å². The number of nitriles is 1. The maximum absolute atomic E-state index is 9.02. The van der Waals surface area contributed by atoms with Crippen molar-refractivity contribution in [3.63, 3.8) is 0 Å². The first-order valence-corrected chi connectivity index (χ1v) is 7.29. The SMILES string of the molecule is CCCN(/C(=C\C#N)C[C@@H](C)CC)C(C)(C)CC. The summed E-state index contributed by atoms with van der Waals surface area (Å²) >= 11 is 0. The van der Waals surface area contributed by atoms with Gasteiger partial charge >= 0.3 is 0 Å². The van der Waals surface area contributed by atoms with Crippen LogP contribution in [0.4, 0.5) is 0 Å². The lowest BCUT2D eigenvalue weighted by molar-refractivity contribution is 0.150. The van der Waals surface area contributed by atoms with Crippen molar-refractivity contribution in [2.24, 2.45) is 5.92 Å². The smallest absolute Gasteiger partial charge is 0.0930 e. The maximum atomic E-state index is 9.02. The van der Waals surface area contributed by atoms with Crippen LogP contribution in [0.5, 0.6) is 0 Å². The number of allylic oxidation sites excluding steroid dienone is 2. The second-order valence-electron chi connectivity index (χ2n) is 5.80. The van der Waals surface area contributed by atoms with E-state index in [4.69, 9.17) is 5.26 Å². The molecule has 2 heteroatoms. The van der Waals surface area contributed by atoms with Crippen LogP contribution in [-0.4, -0.2) is 17.0 Å². The summed E-state index contributed by atoms with van der Waals surface area (Å²) in [7, 11) is 0. The first kappa shape index (κ1) is 17.0. The third-order valence-corrected chi connectivity index (χ3v) is 3.88. The van der Waals surface area contributed by atoms with Crippen LogP contribution in [-0.2, 0) is 0 Å². The van der Waals surface area contributed by atoms with Gasteiger partial charge in [-0.2, -0.15) is 5.26 Å². The highest BCUT2D eigenvalue weighted by molar-refractivity contribution is 5.15. The zero-order valence-electron chi connectivity index (χ0n) is 13.1. The summed E-state index contributed by atoms with van der Waals surface area (Å²) in [5.74, 6) is 0.636. The first-order valence-electron chi connectivity index (χ1n) is 7.29. The van der Waals surface area contributed by atoms with Gasteiger partial charge < -0.3 is 4.90 Å². The number of nitrogens with zero attached hydrogens (tertiary/aromatic N) is 2. The Balaban J connectivity index is 5.13. The van der Waals surface area contributed by atoms with Gasteiger partial charge in [0.05, 0.1) is 6.07 Å². The van der Waals surface area contributed by atoms with E-state index in [0.717, 1.165) is 32.2 Å². The van der Waals surface area contributed by atoms with E-state index in [1.165, 1.54) is 5.70 Å². The Labute approximate surface area is 114 Å². The van der Waals surface area contributed by atoms with Gasteiger partial charge in [-0.05, 0) is 39.0 Å². The summed E-state index contributed by atoms with van der Waals surface area (Å²) in [6, 6.07) is 2.23. The van der Waals surface area contributed by atoms with Gasteiger partial charge in [-0.25, -0.2) is 0 Å². The Kier molecular flexibility index (Phi) is 7.75. The lowest BCUT2D eigenvalue weighted by Crippen LogP contribution is -2.43. The summed E-state index contributed by atoms with van der Waals surface area (Å²) in [6.07, 6.45) is 6.13. The fraction of sp³-hybridized carbons (Fsp3) is 0.812. The van der Waals surface area contributed by atoms with Crippen LogP contribution in [0.25, 0.3) is 0 Å². The maximum Gasteiger partial charge on any atom is 0.0930 e. The Morgan fingerprint density at radius 1 is 1.33 bits per heavy atom. The Morgan fingerprint density at radius 3 is 2.33 bits per heavy atom. The molecule has 0 aliphatic heterocycles. The molecule has 0 saturated heterocycles. The predicted molar refractivity (Wildman–Crippen MR) is 79.1 cm³/mol. The third kappa shape index (κ3) is 5.12. The molecular formula is C16H30N2. The van der Waals surface area contributed by atoms with E-state index in [0.29, 0.717) is 5.92 Å². The molecule has 0 spiro atoms. The summed E-state index contributed by atoms with van der Waals surface area (Å²) in [4.78, 5) is 2.43. The normalized spacial score (nSPS) is 14.2. The van der Waals surface area contributed by atoms with Gasteiger partial charge in [0, 0.05) is 23.9 Å². The quantitative estimate of drug-likeness (QED) is 0.582. The van der Waals surface area contributed by atoms with E-state index >= 15 is 0 Å². The molecule has 18 heavy (non-hydrogen) atoms. The minimum Gasteiger partial charge on any atom is -0.369 e. The van der Waals surface area contributed by atoms with E-state index in [1.54, 1.807) is 6.08 Å². The van der Waals surface area contributed by atoms with Crippen LogP contribution in [0.2, 0.25) is 0 Å². The zero-order chi connectivity index (χ0) is 14.2. The monoisotopic (exact) mass is 250 g/mol. The van der Waals surface area contributed by atoms with Crippen LogP contribution in [0.15, 0.2) is 11.8 Å². The van der Waals surface area contributed by atoms with Crippen molar-refractivity contribution in [3.05, 3.63) is 11.8 Å². The van der Waals surface area contributed by atoms with Gasteiger partial charge in [0.1, 0.15) is 0 Å². The molecular weight excluding hydrogens is 220 g/mol. The minimum atomic E-state index is 0.131. The van der Waals surface area contributed by atoms with E-state index < -0.39 is 0 Å². The van der Waals surface area contributed by atoms with Crippen molar-refractivity contribution in [2.75, 3.05) is 6.54 Å². The number of hydrogen-bond donors (Lipinski definition) is 0. The van der Waals surface area contributed by atoms with Gasteiger partial charge in [-0.1, -0.05) is 34.1 Å². The van der Waals surface area contributed by atoms with Crippen LogP contribution in [0.1, 0.15) is 67.2 Å². The minimum absolute atomic E-state index is 0.131. The molecule has 0 heterocycles. The highest BCUT2D eigenvalue weighted by atomic mass is 15.2. The van der Waals surface area contributed by atoms with Crippen LogP contribution in [0, 0.1) is 17.2 Å². The fourth-order valence-electron chi connectivity index (χ4n) is 2.07. The molecule has 0 unspecified atom stereocenters. The number of rotatable bonds is 8. The lowest BCUT2D eigenvalue weighted by atomic mass is 9.94. The Hall–Kier alpha value is -0.970. The summed E-state index contributed by atoms with van der Waals surface area (Å²) in [5, 5.41) is 9.02. The van der Waals surface area contributed by atoms with Gasteiger partial charge in [0.2, 0.25) is 0 Å². The average Bonchev–Trinajstić information content (AvgIpc) is 2.35. The molecule has 0 radical (unpaired) electrons. The molecule has 0 aromatic heterocycles. The van der Waals surface area contributed by atoms with Gasteiger partial charge in [-0.15, -0.1) is 0 Å². The summed E-state index contributed by atoms with van der Waals surface area (Å²) in [5.41, 5.74) is 1.34. The fourth-order valence-corrected chi connectivity index (χ4v) is 2.07. The van der Waals surface area contributed by atoms with Gasteiger partial charge in [0.25, 0.3) is 0 Å². The molecule has 0 bridgehead atoms. The van der Waals surface area contributed by atoms with Crippen molar-refractivity contribution in [1.82, 2.24) is 4.90 Å². The standard InChI is InChI=1S/C16H30N2/c1-7-12-18(16(5,6)9-3)15(10-11-17)13-14(4)8-2/h10,14H,7-9,12-13H2,1-6H3/b15-10-/t14-/m0/s1. The predicted octanol–water partition coefficient (Wildman–Crippen LogP) is 4.73. The molecule has 0 rings (SSSR count). The highest BCUT2D eigenvalue weighted by Gasteiger charge is 2.26. The van der Waals surface area contributed by atoms with Crippen molar-refractivity contribution < 1.29 is 0 Å². The molecule has 0 amide bonds. The van der Waals surface area contributed by atoms with Gasteiger partial charge in [0.15, 0.2) is 0 Å². The largest absolute Gasteiger partial charge is 0.369 e. The third-order valence-electron chi connectivity index (χ3n) is 3.88. The molecule has 0 aromatic rings. The molecule has 0 aliphatic rings. The summed E-state index contributed by atoms with van der Waals surface area (Å²) < 4.78 is 0. The Bertz CT molecular complexity index is 297. The van der Waals surface area contributed by atoms with Crippen molar-refractivity contribution in [2.45, 2.75) is 72.8 Å². The van der Waals surface area contributed by atoms with Crippen LogP contribution >= 0.6 is 0 Å². The average molecular weight is 250 g/mol. The van der Waals surface area contributed by atoms with E-state index in [2.05, 4.69) is 52.5 Å². The lowest BCUT2D eigenvalue weighted by Gasteiger charge is -2.42. The molecule has 1 atom stereocenters. The van der Waals surface area contributed by atoms with Crippen LogP contribution < -0.4 is 0 Å². The molecule has 0 fully saturated rings. The van der Waals surface area contributed by atoms with Crippen molar-refractivity contribution >= 4 is 0 Å². The van der Waals surface area contributed by atoms with E-state index in [1.807, 2.05) is 0 Å². The van der Waals surface area contributed by atoms with Gasteiger partial charge in [-0.3, -0.25) is 0 Å². The van der Waals surface area contributed by atoms with Crippen molar-refractivity contribution in [1.29, 1.82) is 5.26 Å². The highest BCUT2D eigenvalue weighted by Crippen LogP contribution is 2.28. The zero-order valence-corrected chi connectivity index (χ0v) is 13.1. The molecule has 0 N–H and O–H groups in total. The molecule has 0 aliphatic carbocycles. The van der Waals surface area contributed by atoms with Crippen LogP contribution in [0.3, 0.4) is 0 Å². The van der Waals surface area contributed by atoms with Crippen molar-refractivity contribution in [3.8, 4) is 6.07 Å². The molecule has 0 saturated carbocycles. The summed E-state index contributed by atoms with van der Waals surface area (Å²) in [6.45, 7) is 14.5. The number of hydrogen-bond acceptors (Lipinski definition) is 2. The Morgan fingerprint density at radius 2 is 1.94 bits per heavy atom. The van der Waals surface area contributed by atoms with E-state index in [-0.39, 0.29) is 5.54 Å². The first-order chi connectivity index (χ1) is 8.42. The second kappa shape index (κ2) is 8.19. The molecule has 0 aromatic carbocycles.